The number of carbonyl (C=O) groups is 1. The zero-order chi connectivity index (χ0) is 13.1. The first kappa shape index (κ1) is 12.2. The van der Waals surface area contributed by atoms with E-state index >= 15 is 0 Å². The fourth-order valence-corrected chi connectivity index (χ4v) is 3.14. The van der Waals surface area contributed by atoms with Crippen molar-refractivity contribution in [1.29, 1.82) is 0 Å². The largest absolute Gasteiger partial charge is 0.325 e. The summed E-state index contributed by atoms with van der Waals surface area (Å²) in [4.78, 5) is 16.5. The van der Waals surface area contributed by atoms with E-state index in [1.165, 1.54) is 17.3 Å². The predicted molar refractivity (Wildman–Crippen MR) is 77.3 cm³/mol. The van der Waals surface area contributed by atoms with Crippen molar-refractivity contribution in [2.24, 2.45) is 0 Å². The first-order chi connectivity index (χ1) is 9.33. The molecular formula is C15H14N2OS. The van der Waals surface area contributed by atoms with E-state index in [0.717, 1.165) is 23.6 Å². The molecule has 0 spiro atoms. The number of carbonyl (C=O) groups excluding carboxylic acids is 1. The molecule has 96 valence electrons. The van der Waals surface area contributed by atoms with Crippen molar-refractivity contribution in [3.63, 3.8) is 0 Å². The predicted octanol–water partition coefficient (Wildman–Crippen LogP) is 3.13. The second-order valence-electron chi connectivity index (χ2n) is 4.46. The van der Waals surface area contributed by atoms with Gasteiger partial charge in [0.05, 0.1) is 10.3 Å². The van der Waals surface area contributed by atoms with Gasteiger partial charge in [-0.2, -0.15) is 0 Å². The Labute approximate surface area is 116 Å². The Hall–Kier alpha value is -1.81. The molecule has 1 aliphatic heterocycles. The van der Waals surface area contributed by atoms with Crippen LogP contribution in [-0.4, -0.2) is 16.1 Å². The summed E-state index contributed by atoms with van der Waals surface area (Å²) in [6.45, 7) is 0. The van der Waals surface area contributed by atoms with Gasteiger partial charge in [0.2, 0.25) is 5.91 Å². The summed E-state index contributed by atoms with van der Waals surface area (Å²) in [6, 6.07) is 13.8. The van der Waals surface area contributed by atoms with Gasteiger partial charge in [-0.15, -0.1) is 0 Å². The van der Waals surface area contributed by atoms with Crippen LogP contribution in [0, 0.1) is 0 Å². The molecule has 4 heteroatoms. The monoisotopic (exact) mass is 270 g/mol. The minimum Gasteiger partial charge on any atom is -0.325 e. The van der Waals surface area contributed by atoms with Crippen LogP contribution in [0.4, 0.5) is 5.69 Å². The molecule has 0 saturated heterocycles. The molecule has 1 atom stereocenters. The molecule has 0 fully saturated rings. The van der Waals surface area contributed by atoms with E-state index in [2.05, 4.69) is 16.4 Å². The number of hydrogen-bond acceptors (Lipinski definition) is 3. The molecule has 3 nitrogen and oxygen atoms in total. The molecule has 19 heavy (non-hydrogen) atoms. The molecule has 0 radical (unpaired) electrons. The SMILES string of the molecule is O=C1Nc2ccccc2CCC1Sc1ccccn1. The van der Waals surface area contributed by atoms with Gasteiger partial charge in [0.25, 0.3) is 0 Å². The van der Waals surface area contributed by atoms with E-state index < -0.39 is 0 Å². The Morgan fingerprint density at radius 2 is 2.00 bits per heavy atom. The van der Waals surface area contributed by atoms with Crippen LogP contribution in [-0.2, 0) is 11.2 Å². The molecule has 1 amide bonds. The third-order valence-corrected chi connectivity index (χ3v) is 4.36. The second kappa shape index (κ2) is 5.45. The molecule has 1 aliphatic rings. The Kier molecular flexibility index (Phi) is 3.51. The van der Waals surface area contributed by atoms with Crippen molar-refractivity contribution in [2.45, 2.75) is 23.1 Å². The summed E-state index contributed by atoms with van der Waals surface area (Å²) in [6.07, 6.45) is 3.51. The second-order valence-corrected chi connectivity index (χ2v) is 5.68. The minimum absolute atomic E-state index is 0.0700. The number of anilines is 1. The molecule has 2 heterocycles. The van der Waals surface area contributed by atoms with Crippen molar-refractivity contribution >= 4 is 23.4 Å². The van der Waals surface area contributed by atoms with Crippen LogP contribution >= 0.6 is 11.8 Å². The number of aryl methyl sites for hydroxylation is 1. The molecule has 1 aromatic heterocycles. The number of para-hydroxylation sites is 1. The van der Waals surface area contributed by atoms with Crippen LogP contribution < -0.4 is 5.32 Å². The summed E-state index contributed by atoms with van der Waals surface area (Å²) < 4.78 is 0. The first-order valence-corrected chi connectivity index (χ1v) is 7.17. The summed E-state index contributed by atoms with van der Waals surface area (Å²) in [5.41, 5.74) is 2.15. The van der Waals surface area contributed by atoms with E-state index in [1.54, 1.807) is 6.20 Å². The van der Waals surface area contributed by atoms with Crippen LogP contribution in [0.15, 0.2) is 53.7 Å². The normalized spacial score (nSPS) is 18.3. The molecule has 0 aliphatic carbocycles. The lowest BCUT2D eigenvalue weighted by atomic mass is 10.1. The fraction of sp³-hybridized carbons (Fsp3) is 0.200. The zero-order valence-electron chi connectivity index (χ0n) is 10.4. The highest BCUT2D eigenvalue weighted by atomic mass is 32.2. The van der Waals surface area contributed by atoms with E-state index in [-0.39, 0.29) is 11.2 Å². The molecule has 1 aromatic carbocycles. The maximum atomic E-state index is 12.2. The van der Waals surface area contributed by atoms with E-state index in [0.29, 0.717) is 0 Å². The van der Waals surface area contributed by atoms with Crippen molar-refractivity contribution in [3.05, 3.63) is 54.2 Å². The van der Waals surface area contributed by atoms with Gasteiger partial charge in [-0.1, -0.05) is 36.0 Å². The Bertz CT molecular complexity index is 586. The van der Waals surface area contributed by atoms with E-state index in [1.807, 2.05) is 36.4 Å². The van der Waals surface area contributed by atoms with Gasteiger partial charge >= 0.3 is 0 Å². The molecule has 0 bridgehead atoms. The summed E-state index contributed by atoms with van der Waals surface area (Å²) >= 11 is 1.53. The maximum absolute atomic E-state index is 12.2. The highest BCUT2D eigenvalue weighted by molar-refractivity contribution is 8.00. The van der Waals surface area contributed by atoms with E-state index in [9.17, 15) is 4.79 Å². The topological polar surface area (TPSA) is 42.0 Å². The van der Waals surface area contributed by atoms with Crippen LogP contribution in [0.5, 0.6) is 0 Å². The molecule has 1 N–H and O–H groups in total. The average molecular weight is 270 g/mol. The number of benzene rings is 1. The minimum atomic E-state index is -0.0812. The molecule has 3 rings (SSSR count). The fourth-order valence-electron chi connectivity index (χ4n) is 2.17. The van der Waals surface area contributed by atoms with Crippen molar-refractivity contribution in [2.75, 3.05) is 5.32 Å². The molecule has 1 unspecified atom stereocenters. The highest BCUT2D eigenvalue weighted by Gasteiger charge is 2.24. The number of nitrogens with zero attached hydrogens (tertiary/aromatic N) is 1. The van der Waals surface area contributed by atoms with Gasteiger partial charge in [0.15, 0.2) is 0 Å². The molecule has 2 aromatic rings. The van der Waals surface area contributed by atoms with Crippen LogP contribution in [0.3, 0.4) is 0 Å². The number of nitrogens with one attached hydrogen (secondary N) is 1. The van der Waals surface area contributed by atoms with E-state index in [4.69, 9.17) is 0 Å². The Balaban J connectivity index is 1.78. The van der Waals surface area contributed by atoms with Gasteiger partial charge in [-0.3, -0.25) is 4.79 Å². The zero-order valence-corrected chi connectivity index (χ0v) is 11.2. The summed E-state index contributed by atoms with van der Waals surface area (Å²) in [5.74, 6) is 0.0700. The summed E-state index contributed by atoms with van der Waals surface area (Å²) in [5, 5.41) is 3.82. The Morgan fingerprint density at radius 3 is 2.84 bits per heavy atom. The summed E-state index contributed by atoms with van der Waals surface area (Å²) in [7, 11) is 0. The maximum Gasteiger partial charge on any atom is 0.237 e. The van der Waals surface area contributed by atoms with Gasteiger partial charge in [0, 0.05) is 11.9 Å². The van der Waals surface area contributed by atoms with Gasteiger partial charge in [-0.25, -0.2) is 4.98 Å². The first-order valence-electron chi connectivity index (χ1n) is 6.29. The number of pyridine rings is 1. The smallest absolute Gasteiger partial charge is 0.237 e. The van der Waals surface area contributed by atoms with Crippen LogP contribution in [0.1, 0.15) is 12.0 Å². The van der Waals surface area contributed by atoms with Crippen LogP contribution in [0.25, 0.3) is 0 Å². The van der Waals surface area contributed by atoms with Gasteiger partial charge < -0.3 is 5.32 Å². The standard InChI is InChI=1S/C15H14N2OS/c18-15-13(19-14-7-3-4-10-16-14)9-8-11-5-1-2-6-12(11)17-15/h1-7,10,13H,8-9H2,(H,17,18). The number of rotatable bonds is 2. The number of amides is 1. The van der Waals surface area contributed by atoms with Crippen molar-refractivity contribution < 1.29 is 4.79 Å². The number of aromatic nitrogens is 1. The van der Waals surface area contributed by atoms with Crippen molar-refractivity contribution in [1.82, 2.24) is 4.98 Å². The van der Waals surface area contributed by atoms with Gasteiger partial charge in [-0.05, 0) is 36.6 Å². The lowest BCUT2D eigenvalue weighted by Gasteiger charge is -2.11. The third kappa shape index (κ3) is 2.79. The highest BCUT2D eigenvalue weighted by Crippen LogP contribution is 2.30. The number of hydrogen-bond donors (Lipinski definition) is 1. The lowest BCUT2D eigenvalue weighted by molar-refractivity contribution is -0.115. The quantitative estimate of drug-likeness (QED) is 0.911. The third-order valence-electron chi connectivity index (χ3n) is 3.14. The average Bonchev–Trinajstić information content (AvgIpc) is 2.60. The van der Waals surface area contributed by atoms with Crippen molar-refractivity contribution in [3.8, 4) is 0 Å². The Morgan fingerprint density at radius 1 is 1.16 bits per heavy atom. The number of thioether (sulfide) groups is 1. The van der Waals surface area contributed by atoms with Gasteiger partial charge in [0.1, 0.15) is 0 Å². The van der Waals surface area contributed by atoms with Crippen LogP contribution in [0.2, 0.25) is 0 Å². The number of fused-ring (bicyclic) bond motifs is 1. The molecule has 0 saturated carbocycles. The molecular weight excluding hydrogens is 256 g/mol. The lowest BCUT2D eigenvalue weighted by Crippen LogP contribution is -2.23.